The molecule has 1 fully saturated rings. The molecule has 104 valence electrons. The smallest absolute Gasteiger partial charge is 0.214 e. The molecule has 1 aliphatic rings. The summed E-state index contributed by atoms with van der Waals surface area (Å²) < 4.78 is 5.56. The van der Waals surface area contributed by atoms with Crippen LogP contribution in [0.4, 0.5) is 0 Å². The lowest BCUT2D eigenvalue weighted by atomic mass is 9.95. The first-order chi connectivity index (χ1) is 8.88. The van der Waals surface area contributed by atoms with Crippen molar-refractivity contribution >= 4 is 12.4 Å². The van der Waals surface area contributed by atoms with E-state index in [4.69, 9.17) is 10.00 Å². The molecule has 1 atom stereocenters. The Morgan fingerprint density at radius 2 is 2.42 bits per heavy atom. The van der Waals surface area contributed by atoms with E-state index in [9.17, 15) is 0 Å². The van der Waals surface area contributed by atoms with Crippen LogP contribution in [0.1, 0.15) is 31.2 Å². The predicted molar refractivity (Wildman–Crippen MR) is 76.5 cm³/mol. The molecule has 0 aliphatic carbocycles. The minimum Gasteiger partial charge on any atom is -0.478 e. The Kier molecular flexibility index (Phi) is 7.24. The van der Waals surface area contributed by atoms with Crippen molar-refractivity contribution in [3.05, 3.63) is 23.9 Å². The molecular formula is C14H20ClN3O. The lowest BCUT2D eigenvalue weighted by Gasteiger charge is -2.22. The first kappa shape index (κ1) is 15.7. The fourth-order valence-corrected chi connectivity index (χ4v) is 2.28. The van der Waals surface area contributed by atoms with Crippen LogP contribution in [-0.2, 0) is 0 Å². The van der Waals surface area contributed by atoms with Crippen LogP contribution >= 0.6 is 12.4 Å². The monoisotopic (exact) mass is 281 g/mol. The quantitative estimate of drug-likeness (QED) is 0.843. The predicted octanol–water partition coefficient (Wildman–Crippen LogP) is 2.53. The third-order valence-electron chi connectivity index (χ3n) is 3.27. The fraction of sp³-hybridized carbons (Fsp3) is 0.571. The molecule has 1 aromatic heterocycles. The number of hydrogen-bond acceptors (Lipinski definition) is 4. The van der Waals surface area contributed by atoms with Crippen molar-refractivity contribution in [2.45, 2.75) is 25.7 Å². The van der Waals surface area contributed by atoms with E-state index in [0.29, 0.717) is 18.1 Å². The largest absolute Gasteiger partial charge is 0.478 e. The van der Waals surface area contributed by atoms with E-state index in [-0.39, 0.29) is 12.4 Å². The fourth-order valence-electron chi connectivity index (χ4n) is 2.28. The zero-order chi connectivity index (χ0) is 12.6. The maximum Gasteiger partial charge on any atom is 0.214 e. The Morgan fingerprint density at radius 1 is 1.53 bits per heavy atom. The number of pyridine rings is 1. The molecule has 0 aromatic carbocycles. The van der Waals surface area contributed by atoms with Crippen molar-refractivity contribution in [1.82, 2.24) is 10.3 Å². The number of nitriles is 1. The second-order valence-electron chi connectivity index (χ2n) is 4.70. The summed E-state index contributed by atoms with van der Waals surface area (Å²) in [5.74, 6) is 1.34. The van der Waals surface area contributed by atoms with E-state index in [1.165, 1.54) is 19.3 Å². The SMILES string of the molecule is Cl.N#Cc1ccnc(OCCCC2CCCNC2)c1. The van der Waals surface area contributed by atoms with Crippen molar-refractivity contribution in [1.29, 1.82) is 5.26 Å². The zero-order valence-corrected chi connectivity index (χ0v) is 11.8. The van der Waals surface area contributed by atoms with Crippen LogP contribution in [0, 0.1) is 17.2 Å². The van der Waals surface area contributed by atoms with Crippen molar-refractivity contribution in [2.75, 3.05) is 19.7 Å². The molecule has 2 heterocycles. The Morgan fingerprint density at radius 3 is 3.16 bits per heavy atom. The zero-order valence-electron chi connectivity index (χ0n) is 11.0. The van der Waals surface area contributed by atoms with E-state index in [1.54, 1.807) is 18.3 Å². The molecule has 19 heavy (non-hydrogen) atoms. The highest BCUT2D eigenvalue weighted by Crippen LogP contribution is 2.16. The van der Waals surface area contributed by atoms with Crippen molar-refractivity contribution < 1.29 is 4.74 Å². The maximum atomic E-state index is 8.76. The topological polar surface area (TPSA) is 57.9 Å². The Hall–Kier alpha value is -1.31. The van der Waals surface area contributed by atoms with Crippen molar-refractivity contribution in [3.8, 4) is 11.9 Å². The summed E-state index contributed by atoms with van der Waals surface area (Å²) >= 11 is 0. The molecule has 4 nitrogen and oxygen atoms in total. The summed E-state index contributed by atoms with van der Waals surface area (Å²) in [6.07, 6.45) is 6.47. The standard InChI is InChI=1S/C14H19N3O.ClH/c15-10-13-5-7-17-14(9-13)18-8-2-4-12-3-1-6-16-11-12;/h5,7,9,12,16H,1-4,6,8,11H2;1H. The lowest BCUT2D eigenvalue weighted by Crippen LogP contribution is -2.29. The van der Waals surface area contributed by atoms with Gasteiger partial charge in [-0.3, -0.25) is 0 Å². The van der Waals surface area contributed by atoms with E-state index < -0.39 is 0 Å². The second-order valence-corrected chi connectivity index (χ2v) is 4.70. The van der Waals surface area contributed by atoms with Gasteiger partial charge in [0.1, 0.15) is 0 Å². The first-order valence-corrected chi connectivity index (χ1v) is 6.58. The highest BCUT2D eigenvalue weighted by atomic mass is 35.5. The molecule has 0 spiro atoms. The van der Waals surface area contributed by atoms with Gasteiger partial charge in [0, 0.05) is 12.3 Å². The molecule has 1 N–H and O–H groups in total. The lowest BCUT2D eigenvalue weighted by molar-refractivity contribution is 0.268. The van der Waals surface area contributed by atoms with Gasteiger partial charge in [-0.2, -0.15) is 5.26 Å². The Balaban J connectivity index is 0.00000180. The number of ether oxygens (including phenoxy) is 1. The molecule has 5 heteroatoms. The molecule has 1 saturated heterocycles. The van der Waals surface area contributed by atoms with Gasteiger partial charge in [-0.05, 0) is 50.8 Å². The van der Waals surface area contributed by atoms with Gasteiger partial charge in [-0.1, -0.05) is 0 Å². The Bertz CT molecular complexity index is 413. The van der Waals surface area contributed by atoms with Gasteiger partial charge in [-0.15, -0.1) is 12.4 Å². The van der Waals surface area contributed by atoms with Crippen LogP contribution in [0.3, 0.4) is 0 Å². The first-order valence-electron chi connectivity index (χ1n) is 6.58. The van der Waals surface area contributed by atoms with Gasteiger partial charge < -0.3 is 10.1 Å². The summed E-state index contributed by atoms with van der Waals surface area (Å²) in [4.78, 5) is 4.09. The van der Waals surface area contributed by atoms with Crippen LogP contribution in [0.2, 0.25) is 0 Å². The van der Waals surface area contributed by atoms with Crippen molar-refractivity contribution in [3.63, 3.8) is 0 Å². The highest BCUT2D eigenvalue weighted by Gasteiger charge is 2.12. The van der Waals surface area contributed by atoms with Gasteiger partial charge in [0.25, 0.3) is 0 Å². The summed E-state index contributed by atoms with van der Waals surface area (Å²) in [5, 5.41) is 12.2. The third-order valence-corrected chi connectivity index (χ3v) is 3.27. The third kappa shape index (κ3) is 5.46. The molecule has 0 radical (unpaired) electrons. The molecule has 2 rings (SSSR count). The minimum absolute atomic E-state index is 0. The van der Waals surface area contributed by atoms with Gasteiger partial charge >= 0.3 is 0 Å². The van der Waals surface area contributed by atoms with Crippen LogP contribution in [0.5, 0.6) is 5.88 Å². The molecule has 0 bridgehead atoms. The molecule has 1 unspecified atom stereocenters. The summed E-state index contributed by atoms with van der Waals surface area (Å²) in [6, 6.07) is 5.45. The number of hydrogen-bond donors (Lipinski definition) is 1. The number of aromatic nitrogens is 1. The average Bonchev–Trinajstić information content (AvgIpc) is 2.45. The van der Waals surface area contributed by atoms with E-state index in [1.807, 2.05) is 0 Å². The van der Waals surface area contributed by atoms with Crippen LogP contribution in [0.25, 0.3) is 0 Å². The minimum atomic E-state index is 0. The van der Waals surface area contributed by atoms with Crippen molar-refractivity contribution in [2.24, 2.45) is 5.92 Å². The number of piperidine rings is 1. The number of rotatable bonds is 5. The van der Waals surface area contributed by atoms with Crippen LogP contribution in [-0.4, -0.2) is 24.7 Å². The maximum absolute atomic E-state index is 8.76. The van der Waals surface area contributed by atoms with E-state index in [2.05, 4.69) is 16.4 Å². The Labute approximate surface area is 120 Å². The van der Waals surface area contributed by atoms with E-state index in [0.717, 1.165) is 25.4 Å². The number of nitrogens with zero attached hydrogens (tertiary/aromatic N) is 2. The van der Waals surface area contributed by atoms with Gasteiger partial charge in [-0.25, -0.2) is 4.98 Å². The molecule has 1 aliphatic heterocycles. The molecule has 0 saturated carbocycles. The van der Waals surface area contributed by atoms with Crippen LogP contribution < -0.4 is 10.1 Å². The molecule has 1 aromatic rings. The van der Waals surface area contributed by atoms with E-state index >= 15 is 0 Å². The number of nitrogens with one attached hydrogen (secondary N) is 1. The summed E-state index contributed by atoms with van der Waals surface area (Å²) in [7, 11) is 0. The van der Waals surface area contributed by atoms with Gasteiger partial charge in [0.05, 0.1) is 18.2 Å². The highest BCUT2D eigenvalue weighted by molar-refractivity contribution is 5.85. The summed E-state index contributed by atoms with van der Waals surface area (Å²) in [6.45, 7) is 2.98. The van der Waals surface area contributed by atoms with Gasteiger partial charge in [0.2, 0.25) is 5.88 Å². The average molecular weight is 282 g/mol. The van der Waals surface area contributed by atoms with Crippen LogP contribution in [0.15, 0.2) is 18.3 Å². The summed E-state index contributed by atoms with van der Waals surface area (Å²) in [5.41, 5.74) is 0.594. The molecule has 0 amide bonds. The normalized spacial score (nSPS) is 18.2. The number of halogens is 1. The second kappa shape index (κ2) is 8.73. The molecular weight excluding hydrogens is 262 g/mol. The van der Waals surface area contributed by atoms with Gasteiger partial charge in [0.15, 0.2) is 0 Å².